The third-order valence-corrected chi connectivity index (χ3v) is 19.1. The maximum Gasteiger partial charge on any atom is 0.0465 e. The zero-order chi connectivity index (χ0) is 45.6. The summed E-state index contributed by atoms with van der Waals surface area (Å²) in [7, 11) is 0. The van der Waals surface area contributed by atoms with Gasteiger partial charge in [0.15, 0.2) is 0 Å². The molecule has 0 atom stereocenters. The Bertz CT molecular complexity index is 3690. The van der Waals surface area contributed by atoms with E-state index < -0.39 is 0 Å². The monoisotopic (exact) mass is 903 g/mol. The van der Waals surface area contributed by atoms with Crippen LogP contribution in [0.25, 0.3) is 75.8 Å². The van der Waals surface area contributed by atoms with Crippen molar-refractivity contribution in [2.24, 2.45) is 23.7 Å². The second-order valence-corrected chi connectivity index (χ2v) is 22.7. The average molecular weight is 904 g/mol. The summed E-state index contributed by atoms with van der Waals surface area (Å²) in [5.74, 6) is 3.22. The van der Waals surface area contributed by atoms with Crippen molar-refractivity contribution >= 4 is 48.6 Å². The van der Waals surface area contributed by atoms with Crippen LogP contribution in [-0.4, -0.2) is 0 Å². The smallest absolute Gasteiger partial charge is 0.0465 e. The number of hydrogen-bond donors (Lipinski definition) is 0. The number of nitrogens with zero attached hydrogens (tertiary/aromatic N) is 1. The molecule has 1 heterocycles. The summed E-state index contributed by atoms with van der Waals surface area (Å²) < 4.78 is 2.69. The van der Waals surface area contributed by atoms with Gasteiger partial charge in [-0.1, -0.05) is 172 Å². The number of hydrogen-bond acceptors (Lipinski definition) is 2. The molecule has 4 bridgehead atoms. The summed E-state index contributed by atoms with van der Waals surface area (Å²) in [5, 5.41) is 2.68. The van der Waals surface area contributed by atoms with Gasteiger partial charge in [0.25, 0.3) is 0 Å². The maximum atomic E-state index is 2.64. The molecule has 0 saturated heterocycles. The van der Waals surface area contributed by atoms with Crippen molar-refractivity contribution in [1.82, 2.24) is 0 Å². The van der Waals surface area contributed by atoms with Crippen LogP contribution in [0.15, 0.2) is 200 Å². The molecule has 2 heteroatoms. The molecule has 0 amide bonds. The van der Waals surface area contributed by atoms with E-state index in [0.717, 1.165) is 11.8 Å². The van der Waals surface area contributed by atoms with E-state index in [9.17, 15) is 0 Å². The molecule has 332 valence electrons. The Hall–Kier alpha value is -7.00. The fourth-order valence-corrected chi connectivity index (χ4v) is 16.6. The summed E-state index contributed by atoms with van der Waals surface area (Å²) in [6.07, 6.45) is 6.96. The standard InChI is InChI=1S/C67H53NS/c1-66(2)60-22-8-5-16-54(60)58-20-12-19-57(64(58)66)52-14-4-3-13-50(52)43-25-29-47(30-26-43)68(48-31-27-44(28-32-48)51-18-11-21-59-56-17-7-10-24-63(56)69-65(51)59)49-33-34-55-53-15-6-9-23-61(53)67(62(55)40-49)45-36-41-35-42(38-45)39-46(67)37-41/h3-34,40-42,45-46H,35-39H2,1-2H3. The van der Waals surface area contributed by atoms with Crippen molar-refractivity contribution < 1.29 is 0 Å². The molecule has 1 aromatic heterocycles. The Morgan fingerprint density at radius 2 is 0.884 bits per heavy atom. The first-order chi connectivity index (χ1) is 33.9. The van der Waals surface area contributed by atoms with E-state index in [-0.39, 0.29) is 10.8 Å². The van der Waals surface area contributed by atoms with Crippen LogP contribution in [0.2, 0.25) is 0 Å². The van der Waals surface area contributed by atoms with E-state index in [0.29, 0.717) is 11.8 Å². The number of thiophene rings is 1. The molecule has 6 aliphatic carbocycles. The van der Waals surface area contributed by atoms with Crippen molar-refractivity contribution in [3.8, 4) is 55.6 Å². The number of anilines is 3. The lowest BCUT2D eigenvalue weighted by atomic mass is 9.43. The highest BCUT2D eigenvalue weighted by atomic mass is 32.1. The topological polar surface area (TPSA) is 3.24 Å². The van der Waals surface area contributed by atoms with Gasteiger partial charge in [-0.25, -0.2) is 0 Å². The zero-order valence-corrected chi connectivity index (χ0v) is 40.1. The van der Waals surface area contributed by atoms with Crippen LogP contribution in [0.1, 0.15) is 68.2 Å². The van der Waals surface area contributed by atoms with Gasteiger partial charge in [-0.15, -0.1) is 11.3 Å². The van der Waals surface area contributed by atoms with Crippen LogP contribution in [0, 0.1) is 23.7 Å². The van der Waals surface area contributed by atoms with Crippen molar-refractivity contribution in [3.63, 3.8) is 0 Å². The minimum absolute atomic E-state index is 0.0922. The van der Waals surface area contributed by atoms with E-state index in [4.69, 9.17) is 0 Å². The number of benzene rings is 9. The molecule has 0 aliphatic heterocycles. The molecule has 4 saturated carbocycles. The molecule has 0 unspecified atom stereocenters. The van der Waals surface area contributed by atoms with Gasteiger partial charge >= 0.3 is 0 Å². The summed E-state index contributed by atoms with van der Waals surface area (Å²) in [4.78, 5) is 2.54. The molecular formula is C67H53NS. The van der Waals surface area contributed by atoms with E-state index >= 15 is 0 Å². The lowest BCUT2D eigenvalue weighted by Gasteiger charge is -2.61. The molecule has 6 aliphatic rings. The van der Waals surface area contributed by atoms with Crippen LogP contribution < -0.4 is 4.90 Å². The first kappa shape index (κ1) is 39.9. The Kier molecular flexibility index (Phi) is 8.54. The van der Waals surface area contributed by atoms with Crippen LogP contribution in [0.5, 0.6) is 0 Å². The molecule has 1 spiro atoms. The van der Waals surface area contributed by atoms with Crippen LogP contribution in [0.3, 0.4) is 0 Å². The van der Waals surface area contributed by atoms with Crippen LogP contribution in [-0.2, 0) is 10.8 Å². The SMILES string of the molecule is CC1(C)c2ccccc2-c2cccc(-c3ccccc3-c3ccc(N(c4ccc(-c5cccc6c5sc5ccccc56)cc4)c4ccc5c(c4)C4(c6ccccc6-5)C5CC6CC(C5)CC4C6)cc3)c21. The van der Waals surface area contributed by atoms with Crippen molar-refractivity contribution in [2.75, 3.05) is 4.90 Å². The Morgan fingerprint density at radius 3 is 1.59 bits per heavy atom. The van der Waals surface area contributed by atoms with Crippen LogP contribution in [0.4, 0.5) is 17.1 Å². The Labute approximate surface area is 409 Å². The minimum atomic E-state index is -0.105. The lowest BCUT2D eigenvalue weighted by Crippen LogP contribution is -2.55. The van der Waals surface area contributed by atoms with E-state index in [1.54, 1.807) is 11.1 Å². The maximum absolute atomic E-state index is 2.64. The quantitative estimate of drug-likeness (QED) is 0.161. The lowest BCUT2D eigenvalue weighted by molar-refractivity contribution is -0.0399. The number of fused-ring (bicyclic) bond motifs is 9. The molecular weight excluding hydrogens is 851 g/mol. The van der Waals surface area contributed by atoms with Crippen molar-refractivity contribution in [1.29, 1.82) is 0 Å². The van der Waals surface area contributed by atoms with Crippen LogP contribution >= 0.6 is 11.3 Å². The molecule has 69 heavy (non-hydrogen) atoms. The van der Waals surface area contributed by atoms with Gasteiger partial charge in [-0.2, -0.15) is 0 Å². The molecule has 10 aromatic rings. The van der Waals surface area contributed by atoms with Gasteiger partial charge in [-0.3, -0.25) is 0 Å². The van der Waals surface area contributed by atoms with Crippen molar-refractivity contribution in [2.45, 2.75) is 56.8 Å². The molecule has 9 aromatic carbocycles. The van der Waals surface area contributed by atoms with Gasteiger partial charge in [0.05, 0.1) is 0 Å². The van der Waals surface area contributed by atoms with Gasteiger partial charge in [0, 0.05) is 48.1 Å². The Morgan fingerprint density at radius 1 is 0.391 bits per heavy atom. The summed E-state index contributed by atoms with van der Waals surface area (Å²) >= 11 is 1.90. The molecule has 16 rings (SSSR count). The van der Waals surface area contributed by atoms with Gasteiger partial charge < -0.3 is 4.90 Å². The first-order valence-corrected chi connectivity index (χ1v) is 26.2. The highest BCUT2D eigenvalue weighted by Gasteiger charge is 2.61. The fourth-order valence-electron chi connectivity index (χ4n) is 15.3. The van der Waals surface area contributed by atoms with Gasteiger partial charge in [0.2, 0.25) is 0 Å². The van der Waals surface area contributed by atoms with E-state index in [2.05, 4.69) is 219 Å². The molecule has 1 nitrogen and oxygen atoms in total. The van der Waals surface area contributed by atoms with Gasteiger partial charge in [0.1, 0.15) is 0 Å². The Balaban J connectivity index is 0.869. The van der Waals surface area contributed by atoms with Gasteiger partial charge in [-0.05, 0) is 176 Å². The average Bonchev–Trinajstić information content (AvgIpc) is 4.00. The fraction of sp³-hybridized carbons (Fsp3) is 0.194. The molecule has 0 N–H and O–H groups in total. The van der Waals surface area contributed by atoms with E-state index in [1.807, 2.05) is 11.3 Å². The first-order valence-electron chi connectivity index (χ1n) is 25.4. The minimum Gasteiger partial charge on any atom is -0.310 e. The third-order valence-electron chi connectivity index (χ3n) is 17.9. The largest absolute Gasteiger partial charge is 0.310 e. The number of rotatable bonds is 6. The summed E-state index contributed by atoms with van der Waals surface area (Å²) in [5.41, 5.74) is 22.9. The second kappa shape index (κ2) is 14.8. The highest BCUT2D eigenvalue weighted by Crippen LogP contribution is 2.69. The van der Waals surface area contributed by atoms with E-state index in [1.165, 1.54) is 136 Å². The highest BCUT2D eigenvalue weighted by molar-refractivity contribution is 7.26. The zero-order valence-electron chi connectivity index (χ0n) is 39.3. The molecule has 0 radical (unpaired) electrons. The van der Waals surface area contributed by atoms with Crippen molar-refractivity contribution in [3.05, 3.63) is 222 Å². The third kappa shape index (κ3) is 5.64. The normalized spacial score (nSPS) is 21.9. The second-order valence-electron chi connectivity index (χ2n) is 21.6. The molecule has 4 fully saturated rings. The predicted molar refractivity (Wildman–Crippen MR) is 291 cm³/mol. The predicted octanol–water partition coefficient (Wildman–Crippen LogP) is 18.6. The summed E-state index contributed by atoms with van der Waals surface area (Å²) in [6, 6.07) is 76.5. The summed E-state index contributed by atoms with van der Waals surface area (Å²) in [6.45, 7) is 4.79.